The summed E-state index contributed by atoms with van der Waals surface area (Å²) in [6.45, 7) is -2.09. The zero-order valence-corrected chi connectivity index (χ0v) is 11.9. The molecular weight excluding hydrogens is 283 g/mol. The zero-order chi connectivity index (χ0) is 18.4. The number of primary amides is 1. The third-order valence-electron chi connectivity index (χ3n) is 3.01. The number of rotatable bonds is 7. The predicted molar refractivity (Wildman–Crippen MR) is 82.7 cm³/mol. The topological polar surface area (TPSA) is 64.3 Å². The van der Waals surface area contributed by atoms with E-state index in [9.17, 15) is 9.18 Å². The number of benzene rings is 2. The molecule has 1 amide bonds. The van der Waals surface area contributed by atoms with Gasteiger partial charge in [-0.15, -0.1) is 0 Å². The van der Waals surface area contributed by atoms with Gasteiger partial charge in [0.1, 0.15) is 18.2 Å². The number of hydrogen-bond donors (Lipinski definition) is 2. The van der Waals surface area contributed by atoms with Gasteiger partial charge in [-0.25, -0.2) is 4.39 Å². The van der Waals surface area contributed by atoms with E-state index in [1.165, 1.54) is 12.1 Å². The van der Waals surface area contributed by atoms with Crippen LogP contribution in [0.15, 0.2) is 48.5 Å². The summed E-state index contributed by atoms with van der Waals surface area (Å²) in [6, 6.07) is 11.6. The van der Waals surface area contributed by atoms with Crippen molar-refractivity contribution in [2.75, 3.05) is 0 Å². The number of carbonyl (C=O) groups excluding carboxylic acids is 1. The van der Waals surface area contributed by atoms with Crippen LogP contribution in [0.4, 0.5) is 4.39 Å². The van der Waals surface area contributed by atoms with Gasteiger partial charge in [0.05, 0.1) is 6.04 Å². The molecule has 0 fully saturated rings. The maximum atomic E-state index is 13.1. The zero-order valence-electron chi connectivity index (χ0n) is 14.9. The van der Waals surface area contributed by atoms with E-state index in [2.05, 4.69) is 5.32 Å². The van der Waals surface area contributed by atoms with Crippen LogP contribution in [0.3, 0.4) is 0 Å². The Bertz CT molecular complexity index is 721. The Morgan fingerprint density at radius 2 is 2.09 bits per heavy atom. The fourth-order valence-electron chi connectivity index (χ4n) is 1.82. The van der Waals surface area contributed by atoms with Gasteiger partial charge in [-0.2, -0.15) is 0 Å². The van der Waals surface area contributed by atoms with E-state index in [0.717, 1.165) is 5.56 Å². The molecule has 2 rings (SSSR count). The quantitative estimate of drug-likeness (QED) is 0.825. The first-order chi connectivity index (χ1) is 11.8. The van der Waals surface area contributed by atoms with Crippen molar-refractivity contribution in [2.24, 2.45) is 5.73 Å². The average molecular weight is 305 g/mol. The number of nitrogens with two attached hydrogens (primary N) is 1. The van der Waals surface area contributed by atoms with Crippen molar-refractivity contribution in [1.29, 1.82) is 0 Å². The van der Waals surface area contributed by atoms with Crippen LogP contribution >= 0.6 is 0 Å². The molecule has 0 bridgehead atoms. The number of amides is 1. The second-order valence-electron chi connectivity index (χ2n) is 4.78. The second-order valence-corrected chi connectivity index (χ2v) is 4.78. The van der Waals surface area contributed by atoms with Crippen LogP contribution in [0.5, 0.6) is 5.75 Å². The first-order valence-corrected chi connectivity index (χ1v) is 6.74. The molecule has 22 heavy (non-hydrogen) atoms. The monoisotopic (exact) mass is 305 g/mol. The van der Waals surface area contributed by atoms with Gasteiger partial charge in [0, 0.05) is 10.7 Å². The van der Waals surface area contributed by atoms with Crippen molar-refractivity contribution in [1.82, 2.24) is 5.32 Å². The van der Waals surface area contributed by atoms with Crippen LogP contribution in [-0.2, 0) is 17.9 Å². The maximum Gasteiger partial charge on any atom is 0.234 e. The van der Waals surface area contributed by atoms with Crippen molar-refractivity contribution in [3.05, 3.63) is 65.5 Å². The van der Waals surface area contributed by atoms with E-state index in [1.54, 1.807) is 36.4 Å². The lowest BCUT2D eigenvalue weighted by molar-refractivity contribution is -0.119. The van der Waals surface area contributed by atoms with E-state index in [-0.39, 0.29) is 19.0 Å². The fourth-order valence-corrected chi connectivity index (χ4v) is 1.82. The van der Waals surface area contributed by atoms with Crippen LogP contribution in [-0.4, -0.2) is 11.9 Å². The Morgan fingerprint density at radius 1 is 1.32 bits per heavy atom. The number of nitrogens with one attached hydrogen (secondary N) is 1. The summed E-state index contributed by atoms with van der Waals surface area (Å²) >= 11 is 0. The Balaban J connectivity index is 1.90. The molecule has 0 aliphatic heterocycles. The molecule has 0 aromatic heterocycles. The third kappa shape index (κ3) is 4.86. The van der Waals surface area contributed by atoms with Crippen LogP contribution in [0.2, 0.25) is 0 Å². The summed E-state index contributed by atoms with van der Waals surface area (Å²) in [6.07, 6.45) is 0. The number of ether oxygens (including phenoxy) is 1. The predicted octanol–water partition coefficient (Wildman–Crippen LogP) is 2.37. The summed E-state index contributed by atoms with van der Waals surface area (Å²) < 4.78 is 40.6. The van der Waals surface area contributed by atoms with Gasteiger partial charge >= 0.3 is 0 Å². The first kappa shape index (κ1) is 12.2. The molecule has 0 saturated heterocycles. The number of carbonyl (C=O) groups is 1. The Hall–Kier alpha value is -2.40. The van der Waals surface area contributed by atoms with Crippen LogP contribution in [0, 0.1) is 5.82 Å². The fraction of sp³-hybridized carbons (Fsp3) is 0.235. The highest BCUT2D eigenvalue weighted by atomic mass is 19.1. The van der Waals surface area contributed by atoms with Gasteiger partial charge < -0.3 is 15.8 Å². The summed E-state index contributed by atoms with van der Waals surface area (Å²) in [5, 5.41) is 2.64. The molecule has 0 aliphatic carbocycles. The molecule has 3 N–H and O–H groups in total. The Labute approximate surface area is 133 Å². The lowest BCUT2D eigenvalue weighted by Gasteiger charge is -2.11. The normalized spacial score (nSPS) is 14.5. The lowest BCUT2D eigenvalue weighted by Crippen LogP contribution is -2.38. The second kappa shape index (κ2) is 7.56. The van der Waals surface area contributed by atoms with E-state index in [0.29, 0.717) is 11.3 Å². The SMILES string of the molecule is [2H]C([2H])([2H])[C@H](NCc1ccc(OCc2cccc(F)c2)cc1)C(N)=O. The Morgan fingerprint density at radius 3 is 2.73 bits per heavy atom. The summed E-state index contributed by atoms with van der Waals surface area (Å²) in [4.78, 5) is 11.2. The van der Waals surface area contributed by atoms with E-state index in [1.807, 2.05) is 0 Å². The van der Waals surface area contributed by atoms with Gasteiger partial charge in [-0.05, 0) is 42.2 Å². The molecule has 0 aliphatic rings. The van der Waals surface area contributed by atoms with E-state index < -0.39 is 18.8 Å². The molecule has 0 unspecified atom stereocenters. The van der Waals surface area contributed by atoms with Crippen molar-refractivity contribution >= 4 is 5.91 Å². The summed E-state index contributed by atoms with van der Waals surface area (Å²) in [5.74, 6) is -0.647. The minimum absolute atomic E-state index is 0.177. The van der Waals surface area contributed by atoms with Gasteiger partial charge in [0.2, 0.25) is 5.91 Å². The molecule has 0 radical (unpaired) electrons. The molecular formula is C17H19FN2O2. The van der Waals surface area contributed by atoms with Gasteiger partial charge in [-0.1, -0.05) is 24.3 Å². The standard InChI is InChI=1S/C17H19FN2O2/c1-12(17(19)21)20-10-13-5-7-16(8-6-13)22-11-14-3-2-4-15(18)9-14/h2-9,12,20H,10-11H2,1H3,(H2,19,21)/t12-/m0/s1/i1D3. The molecule has 1 atom stereocenters. The number of hydrogen-bond acceptors (Lipinski definition) is 3. The maximum absolute atomic E-state index is 13.1. The van der Waals surface area contributed by atoms with Gasteiger partial charge in [-0.3, -0.25) is 4.79 Å². The van der Waals surface area contributed by atoms with Gasteiger partial charge in [0.25, 0.3) is 0 Å². The average Bonchev–Trinajstić information content (AvgIpc) is 2.53. The summed E-state index contributed by atoms with van der Waals surface area (Å²) in [7, 11) is 0. The van der Waals surface area contributed by atoms with E-state index in [4.69, 9.17) is 14.6 Å². The smallest absolute Gasteiger partial charge is 0.234 e. The van der Waals surface area contributed by atoms with Crippen LogP contribution in [0.25, 0.3) is 0 Å². The first-order valence-electron chi connectivity index (χ1n) is 8.24. The minimum atomic E-state index is -2.50. The Kier molecular flexibility index (Phi) is 4.19. The van der Waals surface area contributed by atoms with Crippen molar-refractivity contribution in [2.45, 2.75) is 26.0 Å². The molecule has 0 heterocycles. The van der Waals surface area contributed by atoms with Crippen molar-refractivity contribution in [3.8, 4) is 5.75 Å². The van der Waals surface area contributed by atoms with Crippen LogP contribution in [0.1, 0.15) is 22.1 Å². The van der Waals surface area contributed by atoms with Crippen LogP contribution < -0.4 is 15.8 Å². The highest BCUT2D eigenvalue weighted by Gasteiger charge is 2.07. The van der Waals surface area contributed by atoms with Crippen molar-refractivity contribution < 1.29 is 18.0 Å². The molecule has 0 spiro atoms. The molecule has 2 aromatic rings. The molecule has 2 aromatic carbocycles. The highest BCUT2D eigenvalue weighted by molar-refractivity contribution is 5.79. The van der Waals surface area contributed by atoms with Gasteiger partial charge in [0.15, 0.2) is 0 Å². The molecule has 4 nitrogen and oxygen atoms in total. The molecule has 0 saturated carbocycles. The highest BCUT2D eigenvalue weighted by Crippen LogP contribution is 2.14. The van der Waals surface area contributed by atoms with Crippen molar-refractivity contribution in [3.63, 3.8) is 0 Å². The molecule has 116 valence electrons. The minimum Gasteiger partial charge on any atom is -0.489 e. The summed E-state index contributed by atoms with van der Waals surface area (Å²) in [5.41, 5.74) is 6.60. The lowest BCUT2D eigenvalue weighted by atomic mass is 10.2. The third-order valence-corrected chi connectivity index (χ3v) is 3.01. The number of halogens is 1. The van der Waals surface area contributed by atoms with E-state index >= 15 is 0 Å². The largest absolute Gasteiger partial charge is 0.489 e. The molecule has 5 heteroatoms.